The highest BCUT2D eigenvalue weighted by Crippen LogP contribution is 2.34. The van der Waals surface area contributed by atoms with Crippen molar-refractivity contribution < 1.29 is 4.39 Å². The lowest BCUT2D eigenvalue weighted by atomic mass is 9.99. The SMILES string of the molecule is CC(C)Cc1ccc(C(Br)c2cccc(Cl)c2F)cc1. The Labute approximate surface area is 133 Å². The van der Waals surface area contributed by atoms with Crippen LogP contribution >= 0.6 is 27.5 Å². The lowest BCUT2D eigenvalue weighted by Crippen LogP contribution is -1.98. The summed E-state index contributed by atoms with van der Waals surface area (Å²) >= 11 is 9.39. The Balaban J connectivity index is 2.25. The minimum Gasteiger partial charge on any atom is -0.205 e. The van der Waals surface area contributed by atoms with Crippen LogP contribution in [-0.2, 0) is 6.42 Å². The summed E-state index contributed by atoms with van der Waals surface area (Å²) in [7, 11) is 0. The molecule has 0 radical (unpaired) electrons. The van der Waals surface area contributed by atoms with E-state index in [1.165, 1.54) is 5.56 Å². The summed E-state index contributed by atoms with van der Waals surface area (Å²) in [6.45, 7) is 4.39. The van der Waals surface area contributed by atoms with Gasteiger partial charge >= 0.3 is 0 Å². The van der Waals surface area contributed by atoms with Gasteiger partial charge in [0, 0.05) is 5.56 Å². The Morgan fingerprint density at radius 3 is 2.35 bits per heavy atom. The molecule has 1 atom stereocenters. The molecule has 20 heavy (non-hydrogen) atoms. The van der Waals surface area contributed by atoms with Crippen molar-refractivity contribution in [2.24, 2.45) is 5.92 Å². The van der Waals surface area contributed by atoms with Crippen LogP contribution in [-0.4, -0.2) is 0 Å². The molecule has 0 heterocycles. The molecule has 0 bridgehead atoms. The van der Waals surface area contributed by atoms with E-state index in [-0.39, 0.29) is 15.7 Å². The van der Waals surface area contributed by atoms with E-state index in [2.05, 4.69) is 41.9 Å². The van der Waals surface area contributed by atoms with Crippen LogP contribution in [0.4, 0.5) is 4.39 Å². The van der Waals surface area contributed by atoms with Crippen LogP contribution in [0.5, 0.6) is 0 Å². The Hall–Kier alpha value is -0.860. The fourth-order valence-electron chi connectivity index (χ4n) is 2.19. The first-order valence-corrected chi connectivity index (χ1v) is 7.95. The molecule has 0 saturated carbocycles. The van der Waals surface area contributed by atoms with E-state index in [0.29, 0.717) is 11.5 Å². The van der Waals surface area contributed by atoms with Crippen LogP contribution in [0.15, 0.2) is 42.5 Å². The molecule has 0 saturated heterocycles. The van der Waals surface area contributed by atoms with Gasteiger partial charge in [-0.2, -0.15) is 0 Å². The smallest absolute Gasteiger partial charge is 0.146 e. The molecule has 0 N–H and O–H groups in total. The van der Waals surface area contributed by atoms with Gasteiger partial charge in [0.05, 0.1) is 9.85 Å². The van der Waals surface area contributed by atoms with Crippen molar-refractivity contribution in [3.05, 3.63) is 70.0 Å². The molecule has 2 aromatic rings. The van der Waals surface area contributed by atoms with Crippen LogP contribution in [0.3, 0.4) is 0 Å². The van der Waals surface area contributed by atoms with Gasteiger partial charge in [-0.25, -0.2) is 4.39 Å². The fourth-order valence-corrected chi connectivity index (χ4v) is 3.03. The predicted molar refractivity (Wildman–Crippen MR) is 87.2 cm³/mol. The predicted octanol–water partition coefficient (Wildman–Crippen LogP) is 6.16. The lowest BCUT2D eigenvalue weighted by Gasteiger charge is -2.13. The first-order chi connectivity index (χ1) is 9.49. The molecular formula is C17H17BrClF. The van der Waals surface area contributed by atoms with Crippen LogP contribution in [0.2, 0.25) is 5.02 Å². The number of rotatable bonds is 4. The lowest BCUT2D eigenvalue weighted by molar-refractivity contribution is 0.614. The maximum Gasteiger partial charge on any atom is 0.146 e. The maximum absolute atomic E-state index is 14.0. The average Bonchev–Trinajstić information content (AvgIpc) is 2.41. The second kappa shape index (κ2) is 6.73. The Bertz CT molecular complexity index is 578. The summed E-state index contributed by atoms with van der Waals surface area (Å²) in [6.07, 6.45) is 1.05. The zero-order valence-electron chi connectivity index (χ0n) is 11.5. The molecule has 0 nitrogen and oxygen atoms in total. The first-order valence-electron chi connectivity index (χ1n) is 6.66. The van der Waals surface area contributed by atoms with Crippen LogP contribution in [0, 0.1) is 11.7 Å². The van der Waals surface area contributed by atoms with E-state index in [1.54, 1.807) is 18.2 Å². The van der Waals surface area contributed by atoms with Crippen LogP contribution < -0.4 is 0 Å². The molecule has 1 unspecified atom stereocenters. The average molecular weight is 356 g/mol. The Kier molecular flexibility index (Phi) is 5.22. The van der Waals surface area contributed by atoms with Crippen molar-refractivity contribution >= 4 is 27.5 Å². The van der Waals surface area contributed by atoms with Crippen LogP contribution in [0.1, 0.15) is 35.4 Å². The second-order valence-electron chi connectivity index (χ2n) is 5.35. The molecule has 0 aromatic heterocycles. The van der Waals surface area contributed by atoms with Crippen molar-refractivity contribution in [2.75, 3.05) is 0 Å². The summed E-state index contributed by atoms with van der Waals surface area (Å²) in [4.78, 5) is -0.186. The third kappa shape index (κ3) is 3.62. The van der Waals surface area contributed by atoms with Gasteiger partial charge in [0.15, 0.2) is 0 Å². The van der Waals surface area contributed by atoms with Crippen molar-refractivity contribution in [3.8, 4) is 0 Å². The molecule has 0 aliphatic heterocycles. The second-order valence-corrected chi connectivity index (χ2v) is 6.67. The summed E-state index contributed by atoms with van der Waals surface area (Å²) in [5.41, 5.74) is 2.89. The van der Waals surface area contributed by atoms with Crippen molar-refractivity contribution in [3.63, 3.8) is 0 Å². The highest BCUT2D eigenvalue weighted by molar-refractivity contribution is 9.09. The molecule has 2 aromatic carbocycles. The van der Waals surface area contributed by atoms with Gasteiger partial charge in [-0.1, -0.05) is 77.8 Å². The van der Waals surface area contributed by atoms with Crippen molar-refractivity contribution in [1.82, 2.24) is 0 Å². The Morgan fingerprint density at radius 2 is 1.75 bits per heavy atom. The number of hydrogen-bond donors (Lipinski definition) is 0. The van der Waals surface area contributed by atoms with Gasteiger partial charge in [0.2, 0.25) is 0 Å². The van der Waals surface area contributed by atoms with Gasteiger partial charge in [-0.05, 0) is 29.5 Å². The molecule has 0 spiro atoms. The number of benzene rings is 2. The zero-order valence-corrected chi connectivity index (χ0v) is 13.9. The third-order valence-corrected chi connectivity index (χ3v) is 4.48. The van der Waals surface area contributed by atoms with Gasteiger partial charge in [0.1, 0.15) is 5.82 Å². The minimum atomic E-state index is -0.359. The fraction of sp³-hybridized carbons (Fsp3) is 0.294. The third-order valence-electron chi connectivity index (χ3n) is 3.17. The molecular weight excluding hydrogens is 339 g/mol. The molecule has 3 heteroatoms. The Morgan fingerprint density at radius 1 is 1.10 bits per heavy atom. The summed E-state index contributed by atoms with van der Waals surface area (Å²) < 4.78 is 14.0. The molecule has 106 valence electrons. The number of halogens is 3. The highest BCUT2D eigenvalue weighted by atomic mass is 79.9. The summed E-state index contributed by atoms with van der Waals surface area (Å²) in [5, 5.41) is 0.156. The van der Waals surface area contributed by atoms with Crippen molar-refractivity contribution in [1.29, 1.82) is 0 Å². The highest BCUT2D eigenvalue weighted by Gasteiger charge is 2.16. The normalized spacial score (nSPS) is 12.7. The van der Waals surface area contributed by atoms with E-state index >= 15 is 0 Å². The first kappa shape index (κ1) is 15.5. The molecule has 0 aliphatic carbocycles. The van der Waals surface area contributed by atoms with E-state index in [1.807, 2.05) is 12.1 Å². The largest absolute Gasteiger partial charge is 0.205 e. The van der Waals surface area contributed by atoms with E-state index < -0.39 is 0 Å². The van der Waals surface area contributed by atoms with E-state index in [4.69, 9.17) is 11.6 Å². The topological polar surface area (TPSA) is 0 Å². The van der Waals surface area contributed by atoms with Crippen LogP contribution in [0.25, 0.3) is 0 Å². The molecule has 2 rings (SSSR count). The molecule has 0 fully saturated rings. The van der Waals surface area contributed by atoms with Gasteiger partial charge in [-0.15, -0.1) is 0 Å². The quantitative estimate of drug-likeness (QED) is 0.576. The monoisotopic (exact) mass is 354 g/mol. The standard InChI is InChI=1S/C17H17BrClF/c1-11(2)10-12-6-8-13(9-7-12)16(18)14-4-3-5-15(19)17(14)20/h3-9,11,16H,10H2,1-2H3. The van der Waals surface area contributed by atoms with Gasteiger partial charge in [0.25, 0.3) is 0 Å². The van der Waals surface area contributed by atoms with Gasteiger partial charge in [-0.3, -0.25) is 0 Å². The van der Waals surface area contributed by atoms with E-state index in [9.17, 15) is 4.39 Å². The van der Waals surface area contributed by atoms with Crippen molar-refractivity contribution in [2.45, 2.75) is 25.1 Å². The van der Waals surface area contributed by atoms with E-state index in [0.717, 1.165) is 12.0 Å². The maximum atomic E-state index is 14.0. The van der Waals surface area contributed by atoms with Gasteiger partial charge < -0.3 is 0 Å². The zero-order chi connectivity index (χ0) is 14.7. The number of hydrogen-bond acceptors (Lipinski definition) is 0. The minimum absolute atomic E-state index is 0.156. The number of alkyl halides is 1. The molecule has 0 aliphatic rings. The summed E-state index contributed by atoms with van der Waals surface area (Å²) in [6, 6.07) is 13.4. The summed E-state index contributed by atoms with van der Waals surface area (Å²) in [5.74, 6) is 0.272. The molecule has 0 amide bonds.